The molecule has 0 amide bonds. The maximum atomic E-state index is 13.0. The summed E-state index contributed by atoms with van der Waals surface area (Å²) >= 11 is 0. The summed E-state index contributed by atoms with van der Waals surface area (Å²) in [7, 11) is 0. The van der Waals surface area contributed by atoms with Crippen LogP contribution in [0.1, 0.15) is 71.6 Å². The largest absolute Gasteiger partial charge is 0.300 e. The van der Waals surface area contributed by atoms with Crippen molar-refractivity contribution in [3.63, 3.8) is 0 Å². The third kappa shape index (κ3) is 1.83. The fraction of sp³-hybridized carbons (Fsp3) is 0.895. The van der Waals surface area contributed by atoms with Gasteiger partial charge in [0.15, 0.2) is 0 Å². The van der Waals surface area contributed by atoms with Crippen LogP contribution in [0, 0.1) is 34.5 Å². The van der Waals surface area contributed by atoms with Gasteiger partial charge in [0.2, 0.25) is 0 Å². The van der Waals surface area contributed by atoms with E-state index in [0.29, 0.717) is 35.2 Å². The number of fused-ring (bicyclic) bond motifs is 5. The zero-order valence-corrected chi connectivity index (χ0v) is 13.5. The van der Waals surface area contributed by atoms with Gasteiger partial charge in [0.05, 0.1) is 0 Å². The molecule has 4 saturated carbocycles. The van der Waals surface area contributed by atoms with Crippen molar-refractivity contribution in [3.8, 4) is 0 Å². The number of carbonyl (C=O) groups is 2. The van der Waals surface area contributed by atoms with Gasteiger partial charge in [-0.1, -0.05) is 20.3 Å². The SMILES string of the molecule is C[C@]12CCC[C@@H]1[C@@H]1CC[C@H]3CC(=O)CC[C@]3(C)[C@H]1C(=O)C2. The highest BCUT2D eigenvalue weighted by molar-refractivity contribution is 5.85. The van der Waals surface area contributed by atoms with E-state index in [-0.39, 0.29) is 11.3 Å². The first-order valence-electron chi connectivity index (χ1n) is 8.98. The Balaban J connectivity index is 1.70. The van der Waals surface area contributed by atoms with Gasteiger partial charge >= 0.3 is 0 Å². The lowest BCUT2D eigenvalue weighted by atomic mass is 9.45. The van der Waals surface area contributed by atoms with Gasteiger partial charge in [0.25, 0.3) is 0 Å². The number of hydrogen-bond donors (Lipinski definition) is 0. The van der Waals surface area contributed by atoms with Gasteiger partial charge in [-0.15, -0.1) is 0 Å². The Morgan fingerprint density at radius 3 is 2.67 bits per heavy atom. The molecular formula is C19H28O2. The molecular weight excluding hydrogens is 260 g/mol. The van der Waals surface area contributed by atoms with Gasteiger partial charge in [-0.3, -0.25) is 9.59 Å². The Morgan fingerprint density at radius 1 is 1.05 bits per heavy atom. The van der Waals surface area contributed by atoms with Crippen molar-refractivity contribution in [3.05, 3.63) is 0 Å². The zero-order chi connectivity index (χ0) is 14.8. The van der Waals surface area contributed by atoms with E-state index in [4.69, 9.17) is 0 Å². The van der Waals surface area contributed by atoms with Gasteiger partial charge < -0.3 is 0 Å². The molecule has 0 aromatic carbocycles. The van der Waals surface area contributed by atoms with E-state index in [0.717, 1.165) is 25.2 Å². The minimum atomic E-state index is 0.123. The van der Waals surface area contributed by atoms with Crippen molar-refractivity contribution < 1.29 is 9.59 Å². The van der Waals surface area contributed by atoms with Gasteiger partial charge in [-0.05, 0) is 60.7 Å². The molecule has 0 unspecified atom stereocenters. The highest BCUT2D eigenvalue weighted by atomic mass is 16.1. The monoisotopic (exact) mass is 288 g/mol. The average molecular weight is 288 g/mol. The molecule has 0 spiro atoms. The predicted octanol–water partition coefficient (Wildman–Crippen LogP) is 4.17. The predicted molar refractivity (Wildman–Crippen MR) is 81.7 cm³/mol. The summed E-state index contributed by atoms with van der Waals surface area (Å²) in [6.45, 7) is 4.72. The van der Waals surface area contributed by atoms with Gasteiger partial charge in [0, 0.05) is 25.2 Å². The molecule has 0 aromatic heterocycles. The topological polar surface area (TPSA) is 34.1 Å². The maximum absolute atomic E-state index is 13.0. The van der Waals surface area contributed by atoms with Crippen molar-refractivity contribution in [2.75, 3.05) is 0 Å². The Morgan fingerprint density at radius 2 is 1.86 bits per heavy atom. The van der Waals surface area contributed by atoms with Crippen LogP contribution < -0.4 is 0 Å². The van der Waals surface area contributed by atoms with E-state index in [1.165, 1.54) is 32.1 Å². The van der Waals surface area contributed by atoms with Crippen LogP contribution in [0.4, 0.5) is 0 Å². The molecule has 0 bridgehead atoms. The summed E-state index contributed by atoms with van der Waals surface area (Å²) < 4.78 is 0. The minimum Gasteiger partial charge on any atom is -0.300 e. The molecule has 21 heavy (non-hydrogen) atoms. The minimum absolute atomic E-state index is 0.123. The number of ketones is 2. The van der Waals surface area contributed by atoms with Crippen molar-refractivity contribution in [1.82, 2.24) is 0 Å². The lowest BCUT2D eigenvalue weighted by molar-refractivity contribution is -0.158. The molecule has 116 valence electrons. The van der Waals surface area contributed by atoms with E-state index in [2.05, 4.69) is 13.8 Å². The van der Waals surface area contributed by atoms with E-state index in [9.17, 15) is 9.59 Å². The number of rotatable bonds is 0. The molecule has 4 fully saturated rings. The molecule has 4 aliphatic carbocycles. The van der Waals surface area contributed by atoms with Gasteiger partial charge in [-0.25, -0.2) is 0 Å². The molecule has 0 aromatic rings. The first-order chi connectivity index (χ1) is 9.94. The van der Waals surface area contributed by atoms with Crippen LogP contribution in [0.2, 0.25) is 0 Å². The summed E-state index contributed by atoms with van der Waals surface area (Å²) in [6.07, 6.45) is 9.53. The van der Waals surface area contributed by atoms with Crippen LogP contribution in [0.3, 0.4) is 0 Å². The number of Topliss-reactive ketones (excluding diaryl/α,β-unsaturated/α-hetero) is 2. The normalized spacial score (nSPS) is 53.0. The molecule has 2 nitrogen and oxygen atoms in total. The summed E-state index contributed by atoms with van der Waals surface area (Å²) in [5, 5.41) is 0. The summed E-state index contributed by atoms with van der Waals surface area (Å²) in [5.74, 6) is 3.12. The molecule has 0 N–H and O–H groups in total. The summed E-state index contributed by atoms with van der Waals surface area (Å²) in [6, 6.07) is 0. The molecule has 2 heteroatoms. The number of carbonyl (C=O) groups excluding carboxylic acids is 2. The lowest BCUT2D eigenvalue weighted by Crippen LogP contribution is -2.56. The van der Waals surface area contributed by atoms with E-state index in [1.54, 1.807) is 0 Å². The second-order valence-electron chi connectivity index (χ2n) is 8.96. The fourth-order valence-electron chi connectivity index (χ4n) is 6.87. The molecule has 6 atom stereocenters. The fourth-order valence-corrected chi connectivity index (χ4v) is 6.87. The Hall–Kier alpha value is -0.660. The Labute approximate surface area is 128 Å². The van der Waals surface area contributed by atoms with Crippen molar-refractivity contribution in [1.29, 1.82) is 0 Å². The molecule has 0 saturated heterocycles. The van der Waals surface area contributed by atoms with E-state index in [1.807, 2.05) is 0 Å². The molecule has 4 rings (SSSR count). The van der Waals surface area contributed by atoms with E-state index >= 15 is 0 Å². The van der Waals surface area contributed by atoms with Crippen LogP contribution in [0.5, 0.6) is 0 Å². The molecule has 4 aliphatic rings. The van der Waals surface area contributed by atoms with Crippen molar-refractivity contribution >= 4 is 11.6 Å². The van der Waals surface area contributed by atoms with Crippen molar-refractivity contribution in [2.24, 2.45) is 34.5 Å². The first kappa shape index (κ1) is 14.0. The lowest BCUT2D eigenvalue weighted by Gasteiger charge is -2.58. The van der Waals surface area contributed by atoms with E-state index < -0.39 is 0 Å². The second kappa shape index (κ2) is 4.43. The summed E-state index contributed by atoms with van der Waals surface area (Å²) in [4.78, 5) is 24.9. The quantitative estimate of drug-likeness (QED) is 0.670. The first-order valence-corrected chi connectivity index (χ1v) is 8.98. The average Bonchev–Trinajstić information content (AvgIpc) is 2.80. The van der Waals surface area contributed by atoms with Gasteiger partial charge in [0.1, 0.15) is 11.6 Å². The van der Waals surface area contributed by atoms with Gasteiger partial charge in [-0.2, -0.15) is 0 Å². The number of hydrogen-bond acceptors (Lipinski definition) is 2. The third-order valence-electron chi connectivity index (χ3n) is 7.94. The Kier molecular flexibility index (Phi) is 2.94. The molecule has 0 heterocycles. The van der Waals surface area contributed by atoms with Crippen LogP contribution >= 0.6 is 0 Å². The highest BCUT2D eigenvalue weighted by Crippen LogP contribution is 2.64. The molecule has 0 radical (unpaired) electrons. The van der Waals surface area contributed by atoms with Crippen LogP contribution in [0.15, 0.2) is 0 Å². The van der Waals surface area contributed by atoms with Crippen LogP contribution in [-0.4, -0.2) is 11.6 Å². The second-order valence-corrected chi connectivity index (χ2v) is 8.96. The zero-order valence-electron chi connectivity index (χ0n) is 13.5. The van der Waals surface area contributed by atoms with Crippen LogP contribution in [-0.2, 0) is 9.59 Å². The highest BCUT2D eigenvalue weighted by Gasteiger charge is 2.60. The Bertz CT molecular complexity index is 496. The smallest absolute Gasteiger partial charge is 0.137 e. The standard InChI is InChI=1S/C19H28O2/c1-18-8-3-4-15(18)14-6-5-12-10-13(20)7-9-19(12,2)17(14)16(21)11-18/h12,14-15,17H,3-11H2,1-2H3/t12-,14-,15+,17+,18+,19-/m0/s1. The van der Waals surface area contributed by atoms with Crippen molar-refractivity contribution in [2.45, 2.75) is 71.6 Å². The maximum Gasteiger partial charge on any atom is 0.137 e. The third-order valence-corrected chi connectivity index (χ3v) is 7.94. The molecule has 0 aliphatic heterocycles. The van der Waals surface area contributed by atoms with Crippen LogP contribution in [0.25, 0.3) is 0 Å². The summed E-state index contributed by atoms with van der Waals surface area (Å²) in [5.41, 5.74) is 0.420.